The summed E-state index contributed by atoms with van der Waals surface area (Å²) in [6.07, 6.45) is 2.72. The van der Waals surface area contributed by atoms with Crippen LogP contribution in [0, 0.1) is 0 Å². The number of epoxide rings is 1. The molecule has 0 saturated carbocycles. The summed E-state index contributed by atoms with van der Waals surface area (Å²) in [5, 5.41) is 11.6. The monoisotopic (exact) mass is 1160 g/mol. The van der Waals surface area contributed by atoms with Crippen LogP contribution in [0.25, 0.3) is 22.3 Å². The van der Waals surface area contributed by atoms with Gasteiger partial charge in [0.05, 0.1) is 24.4 Å². The van der Waals surface area contributed by atoms with Crippen molar-refractivity contribution in [3.05, 3.63) is 334 Å². The van der Waals surface area contributed by atoms with Crippen molar-refractivity contribution >= 4 is 0 Å². The Kier molecular flexibility index (Phi) is 15.3. The number of rotatable bonds is 22. The van der Waals surface area contributed by atoms with Crippen molar-refractivity contribution in [2.24, 2.45) is 0 Å². The van der Waals surface area contributed by atoms with Gasteiger partial charge in [0.25, 0.3) is 0 Å². The Morgan fingerprint density at radius 2 is 0.852 bits per heavy atom. The van der Waals surface area contributed by atoms with Gasteiger partial charge in [-0.1, -0.05) is 231 Å². The van der Waals surface area contributed by atoms with Crippen LogP contribution in [0.2, 0.25) is 0 Å². The number of hydrogen-bond acceptors (Lipinski definition) is 7. The first-order valence-electron chi connectivity index (χ1n) is 31.1. The van der Waals surface area contributed by atoms with Crippen molar-refractivity contribution in [3.8, 4) is 33.8 Å². The summed E-state index contributed by atoms with van der Waals surface area (Å²) >= 11 is 0. The molecule has 1 N–H and O–H groups in total. The molecule has 2 heterocycles. The van der Waals surface area contributed by atoms with E-state index in [0.717, 1.165) is 42.1 Å². The maximum atomic E-state index is 11.6. The molecule has 88 heavy (non-hydrogen) atoms. The van der Waals surface area contributed by atoms with Gasteiger partial charge < -0.3 is 33.5 Å². The molecule has 6 unspecified atom stereocenters. The summed E-state index contributed by atoms with van der Waals surface area (Å²) in [7, 11) is 0. The fourth-order valence-electron chi connectivity index (χ4n) is 14.0. The molecule has 0 radical (unpaired) electrons. The van der Waals surface area contributed by atoms with Gasteiger partial charge >= 0.3 is 0 Å². The Labute approximate surface area is 517 Å². The van der Waals surface area contributed by atoms with Crippen LogP contribution < -0.4 is 9.47 Å². The first-order valence-corrected chi connectivity index (χ1v) is 31.1. The average molecular weight is 1160 g/mol. The van der Waals surface area contributed by atoms with E-state index in [1.807, 2.05) is 0 Å². The lowest BCUT2D eigenvalue weighted by atomic mass is 9.69. The molecule has 1 fully saturated rings. The molecular weight excluding hydrogens is 1080 g/mol. The van der Waals surface area contributed by atoms with Crippen molar-refractivity contribution in [2.75, 3.05) is 33.0 Å². The van der Waals surface area contributed by atoms with E-state index in [-0.39, 0.29) is 31.2 Å². The van der Waals surface area contributed by atoms with E-state index in [0.29, 0.717) is 19.0 Å². The van der Waals surface area contributed by atoms with Gasteiger partial charge in [0.2, 0.25) is 0 Å². The molecule has 0 spiro atoms. The number of benzene rings is 10. The van der Waals surface area contributed by atoms with Crippen molar-refractivity contribution in [1.82, 2.24) is 0 Å². The van der Waals surface area contributed by atoms with E-state index in [4.69, 9.17) is 28.4 Å². The van der Waals surface area contributed by atoms with Crippen molar-refractivity contribution in [2.45, 2.75) is 86.6 Å². The predicted octanol–water partition coefficient (Wildman–Crippen LogP) is 17.4. The van der Waals surface area contributed by atoms with Crippen molar-refractivity contribution in [1.29, 1.82) is 0 Å². The van der Waals surface area contributed by atoms with Crippen LogP contribution in [-0.2, 0) is 41.0 Å². The molecule has 6 atom stereocenters. The van der Waals surface area contributed by atoms with Gasteiger partial charge in [0.15, 0.2) is 5.76 Å². The van der Waals surface area contributed by atoms with Crippen LogP contribution >= 0.6 is 0 Å². The Bertz CT molecular complexity index is 4070. The molecule has 2 aliphatic carbocycles. The molecule has 2 aliphatic heterocycles. The second-order valence-corrected chi connectivity index (χ2v) is 25.2. The van der Waals surface area contributed by atoms with Gasteiger partial charge in [-0.2, -0.15) is 0 Å². The van der Waals surface area contributed by atoms with E-state index < -0.39 is 28.1 Å². The van der Waals surface area contributed by atoms with Gasteiger partial charge in [-0.25, -0.2) is 0 Å². The largest absolute Gasteiger partial charge is 0.491 e. The molecule has 0 bridgehead atoms. The summed E-state index contributed by atoms with van der Waals surface area (Å²) in [5.74, 6) is 2.67. The van der Waals surface area contributed by atoms with Gasteiger partial charge in [0.1, 0.15) is 49.8 Å². The zero-order chi connectivity index (χ0) is 59.9. The highest BCUT2D eigenvalue weighted by Crippen LogP contribution is 2.59. The van der Waals surface area contributed by atoms with Gasteiger partial charge in [-0.3, -0.25) is 0 Å². The zero-order valence-corrected chi connectivity index (χ0v) is 50.5. The first-order chi connectivity index (χ1) is 42.9. The second kappa shape index (κ2) is 23.7. The molecule has 10 aromatic carbocycles. The molecule has 1 saturated heterocycles. The molecular formula is C81H74O7. The summed E-state index contributed by atoms with van der Waals surface area (Å²) in [6, 6.07) is 92.6. The third kappa shape index (κ3) is 11.3. The van der Waals surface area contributed by atoms with Gasteiger partial charge in [0, 0.05) is 22.7 Å². The number of aliphatic hydroxyl groups excluding tert-OH is 1. The lowest BCUT2D eigenvalue weighted by molar-refractivity contribution is -0.0717. The minimum absolute atomic E-state index is 0.0676. The van der Waals surface area contributed by atoms with Crippen LogP contribution in [0.1, 0.15) is 119 Å². The highest BCUT2D eigenvalue weighted by atomic mass is 16.6. The highest BCUT2D eigenvalue weighted by molar-refractivity contribution is 5.72. The minimum atomic E-state index is -0.880. The number of ether oxygens (including phenoxy) is 6. The first kappa shape index (κ1) is 57.0. The van der Waals surface area contributed by atoms with Crippen molar-refractivity contribution in [3.63, 3.8) is 0 Å². The standard InChI is InChI=1S/C81H74O7/c1-78(2,61-27-31-63(32-28-61)81(66-37-41-69(42-38-66)84-51-70-52-85-70)48-75(58-23-15-8-16-24-58)73-46-60(26-44-77(73)81)56-19-11-6-12-20-56)87-50-67(82)49-83-68-39-35-65(36-40-68)80(64-33-29-62(30-34-64)79(3,4)88-54-71-53-86-71)47-74(57-21-13-7-14-22-57)72-45-59(25-43-76(72)80)55-17-9-5-10-18-55/h5-46,53,67,70,74-75,82H,47-52,54H2,1-4H3. The minimum Gasteiger partial charge on any atom is -0.491 e. The second-order valence-electron chi connectivity index (χ2n) is 25.2. The normalized spacial score (nSPS) is 20.3. The van der Waals surface area contributed by atoms with Crippen LogP contribution in [-0.4, -0.2) is 50.3 Å². The molecule has 440 valence electrons. The highest BCUT2D eigenvalue weighted by Gasteiger charge is 2.49. The van der Waals surface area contributed by atoms with E-state index in [9.17, 15) is 5.11 Å². The quantitative estimate of drug-likeness (QED) is 0.0677. The summed E-state index contributed by atoms with van der Waals surface area (Å²) in [6.45, 7) is 10.3. The average Bonchev–Trinajstić information content (AvgIpc) is 1.63. The summed E-state index contributed by atoms with van der Waals surface area (Å²) < 4.78 is 36.3. The van der Waals surface area contributed by atoms with Crippen LogP contribution in [0.4, 0.5) is 0 Å². The van der Waals surface area contributed by atoms with E-state index in [1.165, 1.54) is 77.9 Å². The number of aliphatic hydroxyl groups is 1. The Balaban J connectivity index is 0.714. The topological polar surface area (TPSA) is 82.2 Å². The molecule has 4 aliphatic rings. The Hall–Kier alpha value is -8.82. The van der Waals surface area contributed by atoms with Gasteiger partial charge in [-0.15, -0.1) is 0 Å². The van der Waals surface area contributed by atoms with Gasteiger partial charge in [-0.05, 0) is 154 Å². The fourth-order valence-corrected chi connectivity index (χ4v) is 14.0. The van der Waals surface area contributed by atoms with Crippen LogP contribution in [0.5, 0.6) is 11.5 Å². The zero-order valence-electron chi connectivity index (χ0n) is 50.5. The molecule has 7 nitrogen and oxygen atoms in total. The molecule has 10 aromatic rings. The number of fused-ring (bicyclic) bond motifs is 2. The fraction of sp³-hybridized carbons (Fsp3) is 0.235. The lowest BCUT2D eigenvalue weighted by Crippen LogP contribution is -2.31. The maximum absolute atomic E-state index is 11.6. The lowest BCUT2D eigenvalue weighted by Gasteiger charge is -2.34. The van der Waals surface area contributed by atoms with E-state index >= 15 is 0 Å². The third-order valence-electron chi connectivity index (χ3n) is 19.0. The molecule has 0 amide bonds. The SMILES string of the molecule is CC(C)(OCC1=CO1)c1ccc(C2(c3ccc(OCC(O)COC(C)(C)c4ccc(C5(c6ccc(OCC7CO7)cc6)CC(c6ccccc6)c6cc(-c7ccccc7)ccc65)cc4)cc3)CC(c3ccccc3)c3cc(-c4ccccc4)ccc32)cc1. The maximum Gasteiger partial charge on any atom is 0.164 e. The number of hydrogen-bond donors (Lipinski definition) is 1. The van der Waals surface area contributed by atoms with E-state index in [1.54, 1.807) is 6.26 Å². The molecule has 7 heteroatoms. The predicted molar refractivity (Wildman–Crippen MR) is 349 cm³/mol. The Morgan fingerprint density at radius 3 is 1.27 bits per heavy atom. The van der Waals surface area contributed by atoms with E-state index in [2.05, 4.69) is 282 Å². The third-order valence-corrected chi connectivity index (χ3v) is 19.0. The van der Waals surface area contributed by atoms with Crippen LogP contribution in [0.3, 0.4) is 0 Å². The van der Waals surface area contributed by atoms with Crippen molar-refractivity contribution < 1.29 is 33.5 Å². The molecule has 0 aromatic heterocycles. The van der Waals surface area contributed by atoms with Crippen LogP contribution in [0.15, 0.2) is 267 Å². The Morgan fingerprint density at radius 1 is 0.455 bits per heavy atom. The summed E-state index contributed by atoms with van der Waals surface area (Å²) in [4.78, 5) is 0. The summed E-state index contributed by atoms with van der Waals surface area (Å²) in [5.41, 5.74) is 17.3. The molecule has 14 rings (SSSR count). The smallest absolute Gasteiger partial charge is 0.164 e.